The van der Waals surface area contributed by atoms with Crippen LogP contribution in [0.2, 0.25) is 0 Å². The van der Waals surface area contributed by atoms with Crippen LogP contribution in [0.4, 0.5) is 0 Å². The first-order valence-electron chi connectivity index (χ1n) is 6.39. The number of carbonyl (C=O) groups excluding carboxylic acids is 1. The van der Waals surface area contributed by atoms with E-state index in [1.807, 2.05) is 0 Å². The van der Waals surface area contributed by atoms with Gasteiger partial charge in [0.15, 0.2) is 0 Å². The van der Waals surface area contributed by atoms with Gasteiger partial charge in [-0.3, -0.25) is 4.79 Å². The van der Waals surface area contributed by atoms with Crippen LogP contribution in [-0.4, -0.2) is 25.4 Å². The molecule has 3 rings (SSSR count). The molecule has 0 bridgehead atoms. The summed E-state index contributed by atoms with van der Waals surface area (Å²) in [6.07, 6.45) is 5.93. The van der Waals surface area contributed by atoms with Gasteiger partial charge in [0.05, 0.1) is 0 Å². The number of nitrogens with one attached hydrogen (secondary N) is 2. The van der Waals surface area contributed by atoms with Gasteiger partial charge in [0.25, 0.3) is 15.0 Å². The van der Waals surface area contributed by atoms with E-state index in [0.717, 1.165) is 0 Å². The summed E-state index contributed by atoms with van der Waals surface area (Å²) in [6.45, 7) is 0. The Morgan fingerprint density at radius 2 is 1.89 bits per heavy atom. The molecule has 2 N–H and O–H groups in total. The van der Waals surface area contributed by atoms with Crippen molar-refractivity contribution in [3.05, 3.63) is 18.0 Å². The first kappa shape index (κ1) is 13.0. The van der Waals surface area contributed by atoms with Crippen LogP contribution in [0.1, 0.15) is 36.2 Å². The van der Waals surface area contributed by atoms with Gasteiger partial charge in [-0.1, -0.05) is 0 Å². The SMILES string of the molecule is O=C(NC(C1CC1)C1CC1)c1cc(S(=O)(=O)Cl)c[nH]1. The van der Waals surface area contributed by atoms with E-state index in [2.05, 4.69) is 10.3 Å². The molecule has 1 aromatic rings. The van der Waals surface area contributed by atoms with E-state index in [9.17, 15) is 13.2 Å². The van der Waals surface area contributed by atoms with Crippen LogP contribution in [0.25, 0.3) is 0 Å². The molecular weight excluding hydrogens is 288 g/mol. The number of aromatic amines is 1. The van der Waals surface area contributed by atoms with Gasteiger partial charge in [-0.2, -0.15) is 0 Å². The molecule has 0 radical (unpaired) electrons. The fourth-order valence-corrected chi connectivity index (χ4v) is 3.13. The van der Waals surface area contributed by atoms with Crippen molar-refractivity contribution in [3.8, 4) is 0 Å². The average Bonchev–Trinajstić information content (AvgIpc) is 3.23. The van der Waals surface area contributed by atoms with Gasteiger partial charge in [0, 0.05) is 22.9 Å². The predicted molar refractivity (Wildman–Crippen MR) is 70.5 cm³/mol. The highest BCUT2D eigenvalue weighted by Gasteiger charge is 2.42. The van der Waals surface area contributed by atoms with Crippen LogP contribution in [0, 0.1) is 11.8 Å². The Morgan fingerprint density at radius 3 is 2.32 bits per heavy atom. The summed E-state index contributed by atoms with van der Waals surface area (Å²) in [5.74, 6) is 0.945. The van der Waals surface area contributed by atoms with Crippen molar-refractivity contribution >= 4 is 25.6 Å². The number of hydrogen-bond acceptors (Lipinski definition) is 3. The molecule has 0 saturated heterocycles. The Kier molecular flexibility index (Phi) is 3.09. The zero-order chi connectivity index (χ0) is 13.6. The summed E-state index contributed by atoms with van der Waals surface area (Å²) in [4.78, 5) is 14.7. The normalized spacial score (nSPS) is 19.7. The minimum absolute atomic E-state index is 0.0753. The van der Waals surface area contributed by atoms with Gasteiger partial charge in [-0.25, -0.2) is 8.42 Å². The highest BCUT2D eigenvalue weighted by atomic mass is 35.7. The Balaban J connectivity index is 1.71. The quantitative estimate of drug-likeness (QED) is 0.815. The molecule has 7 heteroatoms. The minimum atomic E-state index is -3.79. The van der Waals surface area contributed by atoms with E-state index in [-0.39, 0.29) is 22.5 Å². The first-order valence-corrected chi connectivity index (χ1v) is 8.70. The lowest BCUT2D eigenvalue weighted by molar-refractivity contribution is 0.0922. The second-order valence-corrected chi connectivity index (χ2v) is 7.93. The maximum Gasteiger partial charge on any atom is 0.267 e. The molecular formula is C12H15ClN2O3S. The molecule has 0 unspecified atom stereocenters. The molecule has 2 saturated carbocycles. The molecule has 2 fully saturated rings. The van der Waals surface area contributed by atoms with E-state index in [1.54, 1.807) is 0 Å². The van der Waals surface area contributed by atoms with Crippen LogP contribution in [0.5, 0.6) is 0 Å². The van der Waals surface area contributed by atoms with E-state index < -0.39 is 9.05 Å². The van der Waals surface area contributed by atoms with Gasteiger partial charge in [0.1, 0.15) is 10.6 Å². The smallest absolute Gasteiger partial charge is 0.267 e. The third kappa shape index (κ3) is 2.95. The number of aromatic nitrogens is 1. The molecule has 0 aromatic carbocycles. The van der Waals surface area contributed by atoms with Crippen molar-refractivity contribution < 1.29 is 13.2 Å². The molecule has 0 atom stereocenters. The Labute approximate surface area is 116 Å². The first-order chi connectivity index (χ1) is 8.95. The topological polar surface area (TPSA) is 79.0 Å². The third-order valence-electron chi connectivity index (χ3n) is 3.74. The third-order valence-corrected chi connectivity index (χ3v) is 5.07. The summed E-state index contributed by atoms with van der Waals surface area (Å²) >= 11 is 0. The molecule has 104 valence electrons. The summed E-state index contributed by atoms with van der Waals surface area (Å²) in [5.41, 5.74) is 0.241. The largest absolute Gasteiger partial charge is 0.356 e. The van der Waals surface area contributed by atoms with Crippen LogP contribution in [0.3, 0.4) is 0 Å². The number of hydrogen-bond donors (Lipinski definition) is 2. The highest BCUT2D eigenvalue weighted by Crippen LogP contribution is 2.44. The number of H-pyrrole nitrogens is 1. The predicted octanol–water partition coefficient (Wildman–Crippen LogP) is 1.86. The zero-order valence-electron chi connectivity index (χ0n) is 10.2. The highest BCUT2D eigenvalue weighted by molar-refractivity contribution is 8.13. The van der Waals surface area contributed by atoms with Gasteiger partial charge in [-0.15, -0.1) is 0 Å². The second kappa shape index (κ2) is 4.52. The fourth-order valence-electron chi connectivity index (χ4n) is 2.41. The number of carbonyl (C=O) groups is 1. The fraction of sp³-hybridized carbons (Fsp3) is 0.583. The zero-order valence-corrected chi connectivity index (χ0v) is 11.8. The van der Waals surface area contributed by atoms with Crippen LogP contribution in [0.15, 0.2) is 17.2 Å². The Morgan fingerprint density at radius 1 is 1.32 bits per heavy atom. The summed E-state index contributed by atoms with van der Waals surface area (Å²) in [7, 11) is 1.43. The number of halogens is 1. The van der Waals surface area contributed by atoms with Crippen molar-refractivity contribution in [3.63, 3.8) is 0 Å². The van der Waals surface area contributed by atoms with Crippen LogP contribution < -0.4 is 5.32 Å². The van der Waals surface area contributed by atoms with E-state index >= 15 is 0 Å². The monoisotopic (exact) mass is 302 g/mol. The summed E-state index contributed by atoms with van der Waals surface area (Å²) in [6, 6.07) is 1.51. The second-order valence-electron chi connectivity index (χ2n) is 5.36. The number of amides is 1. The molecule has 2 aliphatic carbocycles. The van der Waals surface area contributed by atoms with Gasteiger partial charge >= 0.3 is 0 Å². The lowest BCUT2D eigenvalue weighted by Gasteiger charge is -2.16. The van der Waals surface area contributed by atoms with Crippen molar-refractivity contribution in [1.82, 2.24) is 10.3 Å². The van der Waals surface area contributed by atoms with Gasteiger partial charge in [-0.05, 0) is 43.6 Å². The summed E-state index contributed by atoms with van der Waals surface area (Å²) < 4.78 is 22.3. The van der Waals surface area contributed by atoms with E-state index in [0.29, 0.717) is 11.8 Å². The Bertz CT molecular complexity index is 590. The molecule has 19 heavy (non-hydrogen) atoms. The molecule has 1 heterocycles. The molecule has 0 spiro atoms. The maximum absolute atomic E-state index is 12.1. The molecule has 5 nitrogen and oxygen atoms in total. The standard InChI is InChI=1S/C12H15ClN2O3S/c13-19(17,18)9-5-10(14-6-9)12(16)15-11(7-1-2-7)8-3-4-8/h5-8,11,14H,1-4H2,(H,15,16). The minimum Gasteiger partial charge on any atom is -0.356 e. The summed E-state index contributed by atoms with van der Waals surface area (Å²) in [5, 5.41) is 3.01. The van der Waals surface area contributed by atoms with E-state index in [1.165, 1.54) is 37.9 Å². The van der Waals surface area contributed by atoms with Gasteiger partial charge in [0.2, 0.25) is 0 Å². The molecule has 1 aromatic heterocycles. The van der Waals surface area contributed by atoms with Crippen LogP contribution >= 0.6 is 10.7 Å². The van der Waals surface area contributed by atoms with Crippen molar-refractivity contribution in [1.29, 1.82) is 0 Å². The van der Waals surface area contributed by atoms with Gasteiger partial charge < -0.3 is 10.3 Å². The molecule has 1 amide bonds. The lowest BCUT2D eigenvalue weighted by atomic mass is 10.1. The maximum atomic E-state index is 12.1. The molecule has 2 aliphatic rings. The lowest BCUT2D eigenvalue weighted by Crippen LogP contribution is -2.38. The van der Waals surface area contributed by atoms with Crippen LogP contribution in [-0.2, 0) is 9.05 Å². The van der Waals surface area contributed by atoms with Crippen molar-refractivity contribution in [2.24, 2.45) is 11.8 Å². The van der Waals surface area contributed by atoms with E-state index in [4.69, 9.17) is 10.7 Å². The van der Waals surface area contributed by atoms with Crippen molar-refractivity contribution in [2.75, 3.05) is 0 Å². The number of rotatable bonds is 5. The molecule has 0 aliphatic heterocycles. The van der Waals surface area contributed by atoms with Crippen molar-refractivity contribution in [2.45, 2.75) is 36.6 Å². The Hall–Kier alpha value is -1.01. The average molecular weight is 303 g/mol.